The third-order valence-electron chi connectivity index (χ3n) is 5.26. The van der Waals surface area contributed by atoms with Gasteiger partial charge in [0, 0.05) is 12.1 Å². The highest BCUT2D eigenvalue weighted by Gasteiger charge is 2.51. The van der Waals surface area contributed by atoms with E-state index in [1.807, 2.05) is 0 Å². The van der Waals surface area contributed by atoms with Gasteiger partial charge in [-0.2, -0.15) is 0 Å². The molecule has 0 aliphatic carbocycles. The molecule has 1 aromatic carbocycles. The Morgan fingerprint density at radius 1 is 0.812 bits per heavy atom. The van der Waals surface area contributed by atoms with Gasteiger partial charge in [0.2, 0.25) is 6.29 Å². The lowest BCUT2D eigenvalue weighted by Gasteiger charge is -2.45. The molecule has 0 spiro atoms. The molecule has 0 unspecified atom stereocenters. The van der Waals surface area contributed by atoms with Gasteiger partial charge in [0.15, 0.2) is 12.4 Å². The molecule has 14 heteroatoms. The number of nitro benzene ring substituents is 1. The van der Waals surface area contributed by atoms with Crippen LogP contribution in [0.5, 0.6) is 5.75 Å². The highest BCUT2D eigenvalue weighted by atomic mass is 16.8. The Bertz CT molecular complexity index is 762. The Morgan fingerprint density at radius 2 is 1.34 bits per heavy atom. The quantitative estimate of drug-likeness (QED) is 0.155. The lowest BCUT2D eigenvalue weighted by atomic mass is 9.97. The number of nitro groups is 1. The van der Waals surface area contributed by atoms with Gasteiger partial charge in [-0.3, -0.25) is 10.1 Å². The molecule has 180 valence electrons. The maximum atomic E-state index is 10.8. The zero-order valence-corrected chi connectivity index (χ0v) is 16.5. The van der Waals surface area contributed by atoms with Crippen LogP contribution in [0.4, 0.5) is 5.69 Å². The van der Waals surface area contributed by atoms with Gasteiger partial charge in [-0.05, 0) is 12.1 Å². The van der Waals surface area contributed by atoms with Crippen LogP contribution in [0.25, 0.3) is 0 Å². The summed E-state index contributed by atoms with van der Waals surface area (Å²) in [5.41, 5.74) is -0.209. The van der Waals surface area contributed by atoms with Crippen LogP contribution in [-0.2, 0) is 14.2 Å². The van der Waals surface area contributed by atoms with Crippen LogP contribution in [0.1, 0.15) is 0 Å². The van der Waals surface area contributed by atoms with Crippen LogP contribution in [0.15, 0.2) is 24.3 Å². The average molecular weight is 463 g/mol. The van der Waals surface area contributed by atoms with Gasteiger partial charge in [-0.1, -0.05) is 0 Å². The summed E-state index contributed by atoms with van der Waals surface area (Å²) in [6, 6.07) is 4.80. The smallest absolute Gasteiger partial charge is 0.269 e. The Hall–Kier alpha value is -1.98. The van der Waals surface area contributed by atoms with Crippen LogP contribution < -0.4 is 4.74 Å². The molecular formula is C18H25NO13. The normalized spacial score (nSPS) is 40.1. The highest BCUT2D eigenvalue weighted by molar-refractivity contribution is 5.36. The van der Waals surface area contributed by atoms with Crippen molar-refractivity contribution in [3.63, 3.8) is 0 Å². The summed E-state index contributed by atoms with van der Waals surface area (Å²) < 4.78 is 21.8. The predicted octanol–water partition coefficient (Wildman–Crippen LogP) is -3.40. The van der Waals surface area contributed by atoms with Crippen LogP contribution in [0.3, 0.4) is 0 Å². The van der Waals surface area contributed by atoms with Crippen LogP contribution in [0, 0.1) is 10.1 Å². The van der Waals surface area contributed by atoms with Crippen molar-refractivity contribution in [3.8, 4) is 5.75 Å². The van der Waals surface area contributed by atoms with Crippen molar-refractivity contribution in [2.24, 2.45) is 0 Å². The maximum absolute atomic E-state index is 10.8. The van der Waals surface area contributed by atoms with Gasteiger partial charge in [0.05, 0.1) is 18.1 Å². The van der Waals surface area contributed by atoms with E-state index in [0.29, 0.717) is 0 Å². The summed E-state index contributed by atoms with van der Waals surface area (Å²) in [5.74, 6) is 0.0586. The number of benzene rings is 1. The fraction of sp³-hybridized carbons (Fsp3) is 0.667. The van der Waals surface area contributed by atoms with E-state index in [1.165, 1.54) is 12.1 Å². The van der Waals surface area contributed by atoms with Crippen molar-refractivity contribution in [2.45, 2.75) is 61.4 Å². The largest absolute Gasteiger partial charge is 0.462 e. The summed E-state index contributed by atoms with van der Waals surface area (Å²) >= 11 is 0. The summed E-state index contributed by atoms with van der Waals surface area (Å²) in [6.07, 6.45) is -15.8. The molecule has 2 aliphatic rings. The van der Waals surface area contributed by atoms with Gasteiger partial charge in [-0.15, -0.1) is 0 Å². The van der Waals surface area contributed by atoms with Crippen molar-refractivity contribution in [2.75, 3.05) is 13.2 Å². The standard InChI is InChI=1S/C18H25NO13/c20-5-9-11(22)13(24)15(26)17(30-9)32-16-14(25)12(23)10(6-21)31-18(16)29-8-3-1-7(2-4-8)19(27)28/h1-4,9-18,20-26H,5-6H2/t9-,10-,11+,12-,13+,14+,15-,16+,17+,18+/m1/s1. The maximum Gasteiger partial charge on any atom is 0.269 e. The monoisotopic (exact) mass is 463 g/mol. The average Bonchev–Trinajstić information content (AvgIpc) is 2.78. The molecule has 14 nitrogen and oxygen atoms in total. The first-order valence-corrected chi connectivity index (χ1v) is 9.67. The van der Waals surface area contributed by atoms with Crippen molar-refractivity contribution in [1.82, 2.24) is 0 Å². The Labute approximate surface area is 180 Å². The molecular weight excluding hydrogens is 438 g/mol. The Balaban J connectivity index is 1.81. The van der Waals surface area contributed by atoms with Gasteiger partial charge in [-0.25, -0.2) is 0 Å². The minimum atomic E-state index is -1.80. The molecule has 0 aromatic heterocycles. The van der Waals surface area contributed by atoms with Crippen LogP contribution in [0.2, 0.25) is 0 Å². The second-order valence-corrected chi connectivity index (χ2v) is 7.37. The molecule has 0 radical (unpaired) electrons. The number of hydrogen-bond acceptors (Lipinski definition) is 13. The van der Waals surface area contributed by atoms with Crippen molar-refractivity contribution in [1.29, 1.82) is 0 Å². The van der Waals surface area contributed by atoms with Crippen molar-refractivity contribution < 1.29 is 59.6 Å². The molecule has 32 heavy (non-hydrogen) atoms. The van der Waals surface area contributed by atoms with Gasteiger partial charge in [0.1, 0.15) is 48.5 Å². The third kappa shape index (κ3) is 4.99. The van der Waals surface area contributed by atoms with Gasteiger partial charge >= 0.3 is 0 Å². The molecule has 1 aromatic rings. The van der Waals surface area contributed by atoms with E-state index in [-0.39, 0.29) is 11.4 Å². The number of non-ortho nitro benzene ring substituents is 1. The topological polar surface area (TPSA) is 222 Å². The van der Waals surface area contributed by atoms with E-state index >= 15 is 0 Å². The number of ether oxygens (including phenoxy) is 4. The number of hydrogen-bond donors (Lipinski definition) is 7. The molecule has 0 saturated carbocycles. The molecule has 2 aliphatic heterocycles. The fourth-order valence-electron chi connectivity index (χ4n) is 3.41. The summed E-state index contributed by atoms with van der Waals surface area (Å²) in [5, 5.41) is 80.3. The minimum absolute atomic E-state index is 0.0586. The fourth-order valence-corrected chi connectivity index (χ4v) is 3.41. The highest BCUT2D eigenvalue weighted by Crippen LogP contribution is 2.31. The third-order valence-corrected chi connectivity index (χ3v) is 5.26. The lowest BCUT2D eigenvalue weighted by Crippen LogP contribution is -2.65. The molecule has 2 heterocycles. The summed E-state index contributed by atoms with van der Waals surface area (Å²) in [4.78, 5) is 10.2. The molecule has 10 atom stereocenters. The molecule has 3 rings (SSSR count). The number of aliphatic hydroxyl groups is 7. The summed E-state index contributed by atoms with van der Waals surface area (Å²) in [7, 11) is 0. The SMILES string of the molecule is O=[N+]([O-])c1ccc(O[C@H]2O[C@H](CO)[C@@H](O)[C@H](O)[C@@H]2O[C@@H]2O[C@H](CO)[C@H](O)[C@H](O)[C@H]2O)cc1. The minimum Gasteiger partial charge on any atom is -0.462 e. The zero-order valence-electron chi connectivity index (χ0n) is 16.5. The second-order valence-electron chi connectivity index (χ2n) is 7.37. The lowest BCUT2D eigenvalue weighted by molar-refractivity contribution is -0.384. The molecule has 7 N–H and O–H groups in total. The number of aliphatic hydroxyl groups excluding tert-OH is 7. The van der Waals surface area contributed by atoms with Crippen LogP contribution >= 0.6 is 0 Å². The summed E-state index contributed by atoms with van der Waals surface area (Å²) in [6.45, 7) is -1.41. The van der Waals surface area contributed by atoms with Gasteiger partial charge in [0.25, 0.3) is 5.69 Å². The van der Waals surface area contributed by atoms with E-state index in [2.05, 4.69) is 0 Å². The van der Waals surface area contributed by atoms with E-state index < -0.39 is 79.5 Å². The molecule has 2 fully saturated rings. The van der Waals surface area contributed by atoms with E-state index in [9.17, 15) is 45.9 Å². The van der Waals surface area contributed by atoms with Crippen molar-refractivity contribution >= 4 is 5.69 Å². The first kappa shape index (κ1) is 24.7. The van der Waals surface area contributed by atoms with Crippen LogP contribution in [-0.4, -0.2) is 115 Å². The van der Waals surface area contributed by atoms with Gasteiger partial charge < -0.3 is 54.7 Å². The molecule has 0 amide bonds. The Kier molecular flexibility index (Phi) is 7.94. The van der Waals surface area contributed by atoms with Crippen molar-refractivity contribution in [3.05, 3.63) is 34.4 Å². The first-order chi connectivity index (χ1) is 15.2. The first-order valence-electron chi connectivity index (χ1n) is 9.67. The predicted molar refractivity (Wildman–Crippen MR) is 100 cm³/mol. The second kappa shape index (κ2) is 10.3. The number of nitrogens with zero attached hydrogens (tertiary/aromatic N) is 1. The van der Waals surface area contributed by atoms with E-state index in [1.54, 1.807) is 0 Å². The molecule has 2 saturated heterocycles. The Morgan fingerprint density at radius 3 is 1.88 bits per heavy atom. The van der Waals surface area contributed by atoms with E-state index in [4.69, 9.17) is 18.9 Å². The zero-order chi connectivity index (χ0) is 23.6. The van der Waals surface area contributed by atoms with E-state index in [0.717, 1.165) is 12.1 Å². The molecule has 0 bridgehead atoms. The number of rotatable bonds is 7.